The van der Waals surface area contributed by atoms with Gasteiger partial charge in [0.05, 0.1) is 5.69 Å². The summed E-state index contributed by atoms with van der Waals surface area (Å²) < 4.78 is 1.57. The highest BCUT2D eigenvalue weighted by molar-refractivity contribution is 5.53. The maximum absolute atomic E-state index is 12.5. The lowest BCUT2D eigenvalue weighted by Gasteiger charge is -2.12. The van der Waals surface area contributed by atoms with Gasteiger partial charge in [0.25, 0.3) is 5.56 Å². The zero-order valence-electron chi connectivity index (χ0n) is 13.5. The van der Waals surface area contributed by atoms with Crippen LogP contribution in [0.1, 0.15) is 32.8 Å². The molecule has 0 atom stereocenters. The molecule has 0 saturated carbocycles. The first-order valence-electron chi connectivity index (χ1n) is 7.85. The van der Waals surface area contributed by atoms with Crippen molar-refractivity contribution in [1.29, 1.82) is 0 Å². The lowest BCUT2D eigenvalue weighted by atomic mass is 10.2. The summed E-state index contributed by atoms with van der Waals surface area (Å²) in [5.74, 6) is 0.362. The summed E-state index contributed by atoms with van der Waals surface area (Å²) in [6.07, 6.45) is 2.78. The predicted octanol–water partition coefficient (Wildman–Crippen LogP) is 2.46. The molecule has 118 valence electrons. The van der Waals surface area contributed by atoms with Crippen molar-refractivity contribution in [2.75, 3.05) is 6.54 Å². The molecule has 2 aromatic rings. The standard InChI is InChI=1S/C17H24N4O/c1-4-8-18-11-14-10-16(15-7-5-6-9-19-15)20-21(17(14)22)12-13(2)3/h5-7,9-10,13,18H,4,8,11-12H2,1-3H3. The Morgan fingerprint density at radius 2 is 2.09 bits per heavy atom. The molecular formula is C17H24N4O. The first kappa shape index (κ1) is 16.4. The maximum atomic E-state index is 12.5. The van der Waals surface area contributed by atoms with Gasteiger partial charge in [-0.15, -0.1) is 0 Å². The molecular weight excluding hydrogens is 276 g/mol. The molecule has 0 fully saturated rings. The van der Waals surface area contributed by atoms with Crippen LogP contribution in [0.4, 0.5) is 0 Å². The first-order valence-corrected chi connectivity index (χ1v) is 7.85. The Labute approximate surface area is 131 Å². The largest absolute Gasteiger partial charge is 0.312 e. The maximum Gasteiger partial charge on any atom is 0.271 e. The second-order valence-corrected chi connectivity index (χ2v) is 5.83. The number of nitrogens with zero attached hydrogens (tertiary/aromatic N) is 3. The van der Waals surface area contributed by atoms with Gasteiger partial charge in [0.1, 0.15) is 5.69 Å². The number of rotatable bonds is 7. The quantitative estimate of drug-likeness (QED) is 0.798. The van der Waals surface area contributed by atoms with Crippen LogP contribution < -0.4 is 10.9 Å². The third-order valence-corrected chi connectivity index (χ3v) is 3.26. The van der Waals surface area contributed by atoms with Crippen LogP contribution in [0.25, 0.3) is 11.4 Å². The van der Waals surface area contributed by atoms with Gasteiger partial charge >= 0.3 is 0 Å². The number of hydrogen-bond acceptors (Lipinski definition) is 4. The minimum absolute atomic E-state index is 0.0167. The fourth-order valence-electron chi connectivity index (χ4n) is 2.23. The number of aromatic nitrogens is 3. The summed E-state index contributed by atoms with van der Waals surface area (Å²) in [5, 5.41) is 7.78. The third kappa shape index (κ3) is 4.24. The molecule has 1 N–H and O–H groups in total. The first-order chi connectivity index (χ1) is 10.6. The van der Waals surface area contributed by atoms with Crippen molar-refractivity contribution in [3.8, 4) is 11.4 Å². The molecule has 0 bridgehead atoms. The van der Waals surface area contributed by atoms with Crippen LogP contribution in [0.15, 0.2) is 35.3 Å². The SMILES string of the molecule is CCCNCc1cc(-c2ccccn2)nn(CC(C)C)c1=O. The van der Waals surface area contributed by atoms with E-state index in [0.717, 1.165) is 29.9 Å². The van der Waals surface area contributed by atoms with E-state index in [0.29, 0.717) is 19.0 Å². The molecule has 0 radical (unpaired) electrons. The molecule has 2 aromatic heterocycles. The molecule has 0 unspecified atom stereocenters. The predicted molar refractivity (Wildman–Crippen MR) is 88.6 cm³/mol. The summed E-state index contributed by atoms with van der Waals surface area (Å²) in [5.41, 5.74) is 2.26. The lowest BCUT2D eigenvalue weighted by Crippen LogP contribution is -2.31. The average molecular weight is 300 g/mol. The second-order valence-electron chi connectivity index (χ2n) is 5.83. The highest BCUT2D eigenvalue weighted by Gasteiger charge is 2.11. The zero-order valence-corrected chi connectivity index (χ0v) is 13.5. The summed E-state index contributed by atoms with van der Waals surface area (Å²) in [6.45, 7) is 8.33. The van der Waals surface area contributed by atoms with Gasteiger partial charge in [-0.1, -0.05) is 26.8 Å². The number of nitrogens with one attached hydrogen (secondary N) is 1. The topological polar surface area (TPSA) is 59.8 Å². The van der Waals surface area contributed by atoms with Gasteiger partial charge in [-0.3, -0.25) is 9.78 Å². The molecule has 2 rings (SSSR count). The van der Waals surface area contributed by atoms with E-state index in [9.17, 15) is 4.79 Å². The Hall–Kier alpha value is -2.01. The Morgan fingerprint density at radius 1 is 1.27 bits per heavy atom. The molecule has 0 amide bonds. The molecule has 0 aromatic carbocycles. The number of pyridine rings is 1. The molecule has 5 heteroatoms. The van der Waals surface area contributed by atoms with Gasteiger partial charge in [-0.25, -0.2) is 4.68 Å². The molecule has 2 heterocycles. The third-order valence-electron chi connectivity index (χ3n) is 3.26. The molecule has 0 aliphatic rings. The van der Waals surface area contributed by atoms with Crippen LogP contribution in [0.5, 0.6) is 0 Å². The van der Waals surface area contributed by atoms with Crippen LogP contribution in [-0.4, -0.2) is 21.3 Å². The van der Waals surface area contributed by atoms with Crippen molar-refractivity contribution < 1.29 is 0 Å². The molecule has 22 heavy (non-hydrogen) atoms. The summed E-state index contributed by atoms with van der Waals surface area (Å²) in [7, 11) is 0. The van der Waals surface area contributed by atoms with Crippen molar-refractivity contribution in [1.82, 2.24) is 20.1 Å². The average Bonchev–Trinajstić information content (AvgIpc) is 2.51. The van der Waals surface area contributed by atoms with Crippen LogP contribution in [-0.2, 0) is 13.1 Å². The van der Waals surface area contributed by atoms with Crippen molar-refractivity contribution in [2.45, 2.75) is 40.3 Å². The van der Waals surface area contributed by atoms with E-state index in [-0.39, 0.29) is 5.56 Å². The van der Waals surface area contributed by atoms with E-state index < -0.39 is 0 Å². The van der Waals surface area contributed by atoms with Gasteiger partial charge in [0.2, 0.25) is 0 Å². The van der Waals surface area contributed by atoms with E-state index in [4.69, 9.17) is 0 Å². The smallest absolute Gasteiger partial charge is 0.271 e. The minimum atomic E-state index is -0.0167. The Balaban J connectivity index is 2.41. The highest BCUT2D eigenvalue weighted by Crippen LogP contribution is 2.13. The molecule has 0 spiro atoms. The van der Waals surface area contributed by atoms with Crippen LogP contribution in [0.3, 0.4) is 0 Å². The fraction of sp³-hybridized carbons (Fsp3) is 0.471. The molecule has 5 nitrogen and oxygen atoms in total. The van der Waals surface area contributed by atoms with Crippen molar-refractivity contribution in [3.05, 3.63) is 46.4 Å². The Morgan fingerprint density at radius 3 is 2.73 bits per heavy atom. The van der Waals surface area contributed by atoms with Crippen molar-refractivity contribution >= 4 is 0 Å². The van der Waals surface area contributed by atoms with Crippen LogP contribution in [0.2, 0.25) is 0 Å². The zero-order chi connectivity index (χ0) is 15.9. The summed E-state index contributed by atoms with van der Waals surface area (Å²) in [6, 6.07) is 7.56. The summed E-state index contributed by atoms with van der Waals surface area (Å²) >= 11 is 0. The van der Waals surface area contributed by atoms with E-state index in [1.807, 2.05) is 24.3 Å². The van der Waals surface area contributed by atoms with E-state index in [1.165, 1.54) is 0 Å². The van der Waals surface area contributed by atoms with Gasteiger partial charge in [-0.2, -0.15) is 5.10 Å². The van der Waals surface area contributed by atoms with Gasteiger partial charge in [0, 0.05) is 24.8 Å². The second kappa shape index (κ2) is 7.84. The Bertz CT molecular complexity index is 649. The van der Waals surface area contributed by atoms with E-state index in [1.54, 1.807) is 10.9 Å². The minimum Gasteiger partial charge on any atom is -0.312 e. The van der Waals surface area contributed by atoms with Gasteiger partial charge < -0.3 is 5.32 Å². The monoisotopic (exact) mass is 300 g/mol. The highest BCUT2D eigenvalue weighted by atomic mass is 16.1. The number of hydrogen-bond donors (Lipinski definition) is 1. The normalized spacial score (nSPS) is 11.1. The van der Waals surface area contributed by atoms with Crippen LogP contribution in [0, 0.1) is 5.92 Å². The lowest BCUT2D eigenvalue weighted by molar-refractivity contribution is 0.460. The fourth-order valence-corrected chi connectivity index (χ4v) is 2.23. The van der Waals surface area contributed by atoms with Gasteiger partial charge in [0.15, 0.2) is 0 Å². The van der Waals surface area contributed by atoms with E-state index in [2.05, 4.69) is 36.2 Å². The Kier molecular flexibility index (Phi) is 5.83. The summed E-state index contributed by atoms with van der Waals surface area (Å²) in [4.78, 5) is 16.9. The molecule has 0 aliphatic carbocycles. The van der Waals surface area contributed by atoms with Crippen molar-refractivity contribution in [3.63, 3.8) is 0 Å². The van der Waals surface area contributed by atoms with Crippen LogP contribution >= 0.6 is 0 Å². The van der Waals surface area contributed by atoms with Crippen molar-refractivity contribution in [2.24, 2.45) is 5.92 Å². The van der Waals surface area contributed by atoms with E-state index >= 15 is 0 Å². The molecule has 0 aliphatic heterocycles. The van der Waals surface area contributed by atoms with Gasteiger partial charge in [-0.05, 0) is 37.1 Å². The molecule has 0 saturated heterocycles.